The number of rotatable bonds is 8. The highest BCUT2D eigenvalue weighted by Crippen LogP contribution is 2.04. The zero-order valence-electron chi connectivity index (χ0n) is 11.4. The van der Waals surface area contributed by atoms with Crippen LogP contribution in [-0.4, -0.2) is 44.7 Å². The van der Waals surface area contributed by atoms with Crippen LogP contribution < -0.4 is 22.1 Å². The smallest absolute Gasteiger partial charge is 0.243 e. The molecule has 0 radical (unpaired) electrons. The number of carbonyl (C=O) groups is 3. The van der Waals surface area contributed by atoms with Gasteiger partial charge in [-0.1, -0.05) is 59.0 Å². The second-order valence-corrected chi connectivity index (χ2v) is 6.37. The molecule has 3 amide bonds. The molecule has 116 valence electrons. The van der Waals surface area contributed by atoms with Crippen molar-refractivity contribution in [1.29, 1.82) is 0 Å². The molecule has 0 spiro atoms. The van der Waals surface area contributed by atoms with Crippen molar-refractivity contribution >= 4 is 62.9 Å². The van der Waals surface area contributed by atoms with Crippen LogP contribution >= 0.6 is 45.2 Å². The molecule has 0 heterocycles. The zero-order valence-corrected chi connectivity index (χ0v) is 15.7. The van der Waals surface area contributed by atoms with E-state index >= 15 is 0 Å². The minimum atomic E-state index is -0.750. The Morgan fingerprint density at radius 2 is 1.60 bits per heavy atom. The monoisotopic (exact) mass is 510 g/mol. The molecule has 0 aromatic rings. The second kappa shape index (κ2) is 9.71. The van der Waals surface area contributed by atoms with Crippen LogP contribution in [0.25, 0.3) is 0 Å². The van der Waals surface area contributed by atoms with E-state index in [2.05, 4.69) is 10.6 Å². The fourth-order valence-corrected chi connectivity index (χ4v) is 2.37. The van der Waals surface area contributed by atoms with Gasteiger partial charge in [-0.2, -0.15) is 0 Å². The quantitative estimate of drug-likeness (QED) is 0.255. The van der Waals surface area contributed by atoms with Crippen molar-refractivity contribution in [2.75, 3.05) is 8.86 Å². The fraction of sp³-hybridized carbons (Fsp3) is 0.727. The van der Waals surface area contributed by atoms with Gasteiger partial charge in [-0.3, -0.25) is 14.4 Å². The summed E-state index contributed by atoms with van der Waals surface area (Å²) in [5.74, 6) is -1.57. The molecule has 0 aliphatic heterocycles. The molecule has 0 unspecified atom stereocenters. The highest BCUT2D eigenvalue weighted by atomic mass is 127. The lowest BCUT2D eigenvalue weighted by Gasteiger charge is -2.24. The number of amides is 3. The predicted octanol–water partition coefficient (Wildman–Crippen LogP) is -0.705. The summed E-state index contributed by atoms with van der Waals surface area (Å²) < 4.78 is 0.818. The number of alkyl halides is 2. The molecule has 0 aromatic carbocycles. The Bertz CT molecular complexity index is 366. The molecule has 20 heavy (non-hydrogen) atoms. The second-order valence-electron chi connectivity index (χ2n) is 4.61. The number of nitrogens with two attached hydrogens (primary N) is 2. The summed E-state index contributed by atoms with van der Waals surface area (Å²) in [5, 5.41) is 5.13. The Morgan fingerprint density at radius 1 is 1.05 bits per heavy atom. The minimum Gasteiger partial charge on any atom is -0.368 e. The highest BCUT2D eigenvalue weighted by molar-refractivity contribution is 14.1. The summed E-state index contributed by atoms with van der Waals surface area (Å²) in [5.41, 5.74) is 10.8. The van der Waals surface area contributed by atoms with E-state index in [4.69, 9.17) is 11.5 Å². The number of hydrogen-bond acceptors (Lipinski definition) is 4. The van der Waals surface area contributed by atoms with Gasteiger partial charge in [-0.15, -0.1) is 0 Å². The SMILES string of the molecule is CC(C)[C@H](NC(=O)[C@@H](N)CI)C(=O)N[C@@H](CI)C(N)=O. The third kappa shape index (κ3) is 6.52. The van der Waals surface area contributed by atoms with Crippen LogP contribution in [0.2, 0.25) is 0 Å². The third-order valence-corrected chi connectivity index (χ3v) is 4.39. The van der Waals surface area contributed by atoms with Gasteiger partial charge in [-0.25, -0.2) is 0 Å². The standard InChI is InChI=1S/C11H20I2N4O3/c1-5(2)8(17-10(19)6(14)3-12)11(20)16-7(4-13)9(15)18/h5-8H,3-4,14H2,1-2H3,(H2,15,18)(H,16,20)(H,17,19)/t6-,7-,8-/m0/s1. The lowest BCUT2D eigenvalue weighted by molar-refractivity contribution is -0.132. The lowest BCUT2D eigenvalue weighted by Crippen LogP contribution is -2.57. The first-order chi connectivity index (χ1) is 9.24. The van der Waals surface area contributed by atoms with Crippen molar-refractivity contribution in [2.24, 2.45) is 17.4 Å². The van der Waals surface area contributed by atoms with Crippen LogP contribution in [0.4, 0.5) is 0 Å². The van der Waals surface area contributed by atoms with Crippen molar-refractivity contribution in [1.82, 2.24) is 10.6 Å². The van der Waals surface area contributed by atoms with Crippen molar-refractivity contribution in [3.8, 4) is 0 Å². The molecular weight excluding hydrogens is 490 g/mol. The summed E-state index contributed by atoms with van der Waals surface area (Å²) in [6.45, 7) is 3.59. The number of primary amides is 1. The van der Waals surface area contributed by atoms with E-state index in [-0.39, 0.29) is 5.92 Å². The first kappa shape index (κ1) is 19.8. The summed E-state index contributed by atoms with van der Waals surface area (Å²) in [7, 11) is 0. The molecule has 0 aliphatic rings. The van der Waals surface area contributed by atoms with Gasteiger partial charge < -0.3 is 22.1 Å². The first-order valence-corrected chi connectivity index (χ1v) is 9.07. The third-order valence-electron chi connectivity index (χ3n) is 2.56. The molecule has 0 saturated heterocycles. The molecule has 7 nitrogen and oxygen atoms in total. The molecule has 0 aromatic heterocycles. The molecule has 0 fully saturated rings. The maximum atomic E-state index is 12.1. The zero-order chi connectivity index (χ0) is 15.9. The Labute approximate surface area is 145 Å². The van der Waals surface area contributed by atoms with Crippen LogP contribution in [0.5, 0.6) is 0 Å². The maximum absolute atomic E-state index is 12.1. The average molecular weight is 510 g/mol. The molecule has 0 saturated carbocycles. The molecule has 0 bridgehead atoms. The van der Waals surface area contributed by atoms with E-state index in [1.165, 1.54) is 0 Å². The molecule has 6 N–H and O–H groups in total. The molecule has 3 atom stereocenters. The van der Waals surface area contributed by atoms with Crippen molar-refractivity contribution in [3.63, 3.8) is 0 Å². The van der Waals surface area contributed by atoms with Gasteiger partial charge in [0.05, 0.1) is 6.04 Å². The summed E-state index contributed by atoms with van der Waals surface area (Å²) in [6.07, 6.45) is 0. The Balaban J connectivity index is 4.79. The van der Waals surface area contributed by atoms with E-state index in [1.54, 1.807) is 13.8 Å². The van der Waals surface area contributed by atoms with Gasteiger partial charge in [0.2, 0.25) is 17.7 Å². The maximum Gasteiger partial charge on any atom is 0.243 e. The first-order valence-electron chi connectivity index (χ1n) is 6.02. The highest BCUT2D eigenvalue weighted by Gasteiger charge is 2.28. The molecule has 0 aliphatic carbocycles. The van der Waals surface area contributed by atoms with Gasteiger partial charge in [0.1, 0.15) is 12.1 Å². The van der Waals surface area contributed by atoms with Crippen LogP contribution in [0, 0.1) is 5.92 Å². The fourth-order valence-electron chi connectivity index (χ4n) is 1.31. The van der Waals surface area contributed by atoms with Crippen molar-refractivity contribution < 1.29 is 14.4 Å². The number of halogens is 2. The van der Waals surface area contributed by atoms with Crippen LogP contribution in [0.15, 0.2) is 0 Å². The summed E-state index contributed by atoms with van der Waals surface area (Å²) >= 11 is 3.95. The van der Waals surface area contributed by atoms with Gasteiger partial charge in [-0.05, 0) is 5.92 Å². The van der Waals surface area contributed by atoms with E-state index in [9.17, 15) is 14.4 Å². The van der Waals surface area contributed by atoms with Gasteiger partial charge in [0, 0.05) is 8.86 Å². The largest absolute Gasteiger partial charge is 0.368 e. The predicted molar refractivity (Wildman–Crippen MR) is 93.6 cm³/mol. The van der Waals surface area contributed by atoms with Crippen LogP contribution in [0.1, 0.15) is 13.8 Å². The van der Waals surface area contributed by atoms with E-state index in [0.717, 1.165) is 0 Å². The molecule has 0 rings (SSSR count). The molecular formula is C11H20I2N4O3. The van der Waals surface area contributed by atoms with E-state index < -0.39 is 35.8 Å². The normalized spacial score (nSPS) is 15.3. The number of nitrogens with one attached hydrogen (secondary N) is 2. The number of carbonyl (C=O) groups excluding carboxylic acids is 3. The average Bonchev–Trinajstić information content (AvgIpc) is 2.39. The van der Waals surface area contributed by atoms with Gasteiger partial charge in [0.25, 0.3) is 0 Å². The Kier molecular flexibility index (Phi) is 9.63. The van der Waals surface area contributed by atoms with Gasteiger partial charge >= 0.3 is 0 Å². The Hall–Kier alpha value is -0.170. The lowest BCUT2D eigenvalue weighted by atomic mass is 10.0. The van der Waals surface area contributed by atoms with Gasteiger partial charge in [0.15, 0.2) is 0 Å². The van der Waals surface area contributed by atoms with E-state index in [0.29, 0.717) is 8.86 Å². The Morgan fingerprint density at radius 3 is 1.95 bits per heavy atom. The summed E-state index contributed by atoms with van der Waals surface area (Å²) in [4.78, 5) is 35.0. The minimum absolute atomic E-state index is 0.136. The van der Waals surface area contributed by atoms with Crippen LogP contribution in [-0.2, 0) is 14.4 Å². The van der Waals surface area contributed by atoms with Crippen LogP contribution in [0.3, 0.4) is 0 Å². The van der Waals surface area contributed by atoms with Crippen molar-refractivity contribution in [3.05, 3.63) is 0 Å². The summed E-state index contributed by atoms with van der Waals surface area (Å²) in [6, 6.07) is -2.16. The van der Waals surface area contributed by atoms with E-state index in [1.807, 2.05) is 45.2 Å². The molecule has 9 heteroatoms. The van der Waals surface area contributed by atoms with Crippen molar-refractivity contribution in [2.45, 2.75) is 32.0 Å². The topological polar surface area (TPSA) is 127 Å². The number of hydrogen-bond donors (Lipinski definition) is 4.